The van der Waals surface area contributed by atoms with Crippen molar-refractivity contribution in [2.24, 2.45) is 5.92 Å². The van der Waals surface area contributed by atoms with E-state index in [-0.39, 0.29) is 35.8 Å². The highest BCUT2D eigenvalue weighted by molar-refractivity contribution is 5.80. The van der Waals surface area contributed by atoms with E-state index in [4.69, 9.17) is 20.2 Å². The molecule has 0 aliphatic carbocycles. The first-order valence-corrected chi connectivity index (χ1v) is 11.9. The van der Waals surface area contributed by atoms with Crippen molar-refractivity contribution >= 4 is 17.5 Å². The van der Waals surface area contributed by atoms with E-state index in [1.807, 2.05) is 6.92 Å². The zero-order valence-electron chi connectivity index (χ0n) is 21.6. The number of Topliss-reactive ketones (excluding diaryl/α,β-unsaturated/α-hetero) is 1. The molecule has 0 aliphatic heterocycles. The zero-order valence-corrected chi connectivity index (χ0v) is 21.6. The molecule has 3 aromatic heterocycles. The van der Waals surface area contributed by atoms with Crippen molar-refractivity contribution in [1.29, 1.82) is 0 Å². The summed E-state index contributed by atoms with van der Waals surface area (Å²) < 4.78 is 23.7. The van der Waals surface area contributed by atoms with Gasteiger partial charge in [0.2, 0.25) is 5.95 Å². The third-order valence-corrected chi connectivity index (χ3v) is 5.70. The summed E-state index contributed by atoms with van der Waals surface area (Å²) in [6, 6.07) is 7.70. The molecule has 0 bridgehead atoms. The average molecular weight is 521 g/mol. The molecular formula is C26H29FN8O3. The van der Waals surface area contributed by atoms with Crippen LogP contribution in [0.25, 0.3) is 34.2 Å². The highest BCUT2D eigenvalue weighted by atomic mass is 19.1. The van der Waals surface area contributed by atoms with Crippen molar-refractivity contribution in [2.45, 2.75) is 20.3 Å². The summed E-state index contributed by atoms with van der Waals surface area (Å²) in [4.78, 5) is 37.8. The number of rotatable bonds is 11. The summed E-state index contributed by atoms with van der Waals surface area (Å²) in [5, 5.41) is 3.18. The Balaban J connectivity index is 1.71. The first-order valence-electron chi connectivity index (χ1n) is 11.9. The van der Waals surface area contributed by atoms with E-state index in [1.165, 1.54) is 26.4 Å². The molecule has 1 aromatic carbocycles. The van der Waals surface area contributed by atoms with Crippen molar-refractivity contribution in [1.82, 2.24) is 29.9 Å². The number of carbonyl (C=O) groups is 1. The van der Waals surface area contributed by atoms with E-state index in [0.29, 0.717) is 58.8 Å². The van der Waals surface area contributed by atoms with Crippen LogP contribution in [0.5, 0.6) is 5.88 Å². The fourth-order valence-corrected chi connectivity index (χ4v) is 3.90. The Labute approximate surface area is 219 Å². The van der Waals surface area contributed by atoms with E-state index in [2.05, 4.69) is 30.2 Å². The molecular weight excluding hydrogens is 491 g/mol. The number of hydrogen-bond donors (Lipinski definition) is 3. The standard InChI is InChI=1S/C26H29FN8O3/c1-14(11-18(36)13-37-3)12-30-26-29-10-9-19(32-26)21-22(20-15(2)31-23(28)25(35-20)38-4)34-24(33-21)16-5-7-17(27)8-6-16/h5-10,14H,11-13H2,1-4H3,(H2,28,31)(H,33,34)(H,29,30,32)/t14-/m1/s1. The fraction of sp³-hybridized carbons (Fsp3) is 0.308. The van der Waals surface area contributed by atoms with Gasteiger partial charge < -0.3 is 25.5 Å². The van der Waals surface area contributed by atoms with Gasteiger partial charge in [-0.1, -0.05) is 6.92 Å². The van der Waals surface area contributed by atoms with Crippen LogP contribution < -0.4 is 15.8 Å². The van der Waals surface area contributed by atoms with Gasteiger partial charge in [0.25, 0.3) is 5.88 Å². The minimum Gasteiger partial charge on any atom is -0.478 e. The number of halogens is 1. The monoisotopic (exact) mass is 520 g/mol. The van der Waals surface area contributed by atoms with Crippen LogP contribution in [-0.2, 0) is 9.53 Å². The van der Waals surface area contributed by atoms with Gasteiger partial charge in [0, 0.05) is 31.8 Å². The predicted molar refractivity (Wildman–Crippen MR) is 141 cm³/mol. The smallest absolute Gasteiger partial charge is 0.257 e. The lowest BCUT2D eigenvalue weighted by molar-refractivity contribution is -0.123. The molecule has 198 valence electrons. The lowest BCUT2D eigenvalue weighted by atomic mass is 10.1. The second-order valence-electron chi connectivity index (χ2n) is 8.80. The highest BCUT2D eigenvalue weighted by Gasteiger charge is 2.22. The number of aryl methyl sites for hydroxylation is 1. The van der Waals surface area contributed by atoms with Gasteiger partial charge in [-0.05, 0) is 43.2 Å². The number of imidazole rings is 1. The molecule has 0 spiro atoms. The maximum Gasteiger partial charge on any atom is 0.257 e. The number of nitrogens with two attached hydrogens (primary N) is 1. The van der Waals surface area contributed by atoms with E-state index >= 15 is 0 Å². The van der Waals surface area contributed by atoms with E-state index < -0.39 is 0 Å². The third-order valence-electron chi connectivity index (χ3n) is 5.70. The first-order chi connectivity index (χ1) is 18.3. The van der Waals surface area contributed by atoms with Gasteiger partial charge in [-0.3, -0.25) is 4.79 Å². The minimum absolute atomic E-state index is 0.0290. The van der Waals surface area contributed by atoms with Crippen molar-refractivity contribution in [3.05, 3.63) is 48.0 Å². The lowest BCUT2D eigenvalue weighted by Crippen LogP contribution is -2.18. The maximum atomic E-state index is 13.5. The van der Waals surface area contributed by atoms with E-state index in [0.717, 1.165) is 0 Å². The quantitative estimate of drug-likeness (QED) is 0.267. The number of nitrogens with zero attached hydrogens (tertiary/aromatic N) is 5. The van der Waals surface area contributed by atoms with Crippen molar-refractivity contribution in [3.63, 3.8) is 0 Å². The summed E-state index contributed by atoms with van der Waals surface area (Å²) in [5.41, 5.74) is 9.20. The van der Waals surface area contributed by atoms with Crippen molar-refractivity contribution in [3.8, 4) is 40.0 Å². The van der Waals surface area contributed by atoms with Gasteiger partial charge >= 0.3 is 0 Å². The molecule has 4 rings (SSSR count). The predicted octanol–water partition coefficient (Wildman–Crippen LogP) is 3.68. The molecule has 38 heavy (non-hydrogen) atoms. The van der Waals surface area contributed by atoms with Crippen LogP contribution in [-0.4, -0.2) is 63.1 Å². The lowest BCUT2D eigenvalue weighted by Gasteiger charge is -2.12. The average Bonchev–Trinajstić information content (AvgIpc) is 3.33. The Morgan fingerprint density at radius 3 is 2.58 bits per heavy atom. The Hall–Kier alpha value is -4.45. The Morgan fingerprint density at radius 2 is 1.87 bits per heavy atom. The molecule has 0 unspecified atom stereocenters. The zero-order chi connectivity index (χ0) is 27.2. The van der Waals surface area contributed by atoms with Crippen molar-refractivity contribution in [2.75, 3.05) is 38.4 Å². The normalized spacial score (nSPS) is 11.8. The molecule has 12 heteroatoms. The number of aromatic nitrogens is 6. The van der Waals surface area contributed by atoms with Gasteiger partial charge in [0.1, 0.15) is 29.6 Å². The van der Waals surface area contributed by atoms with E-state index in [1.54, 1.807) is 31.3 Å². The molecule has 0 radical (unpaired) electrons. The number of nitrogens with one attached hydrogen (secondary N) is 2. The van der Waals surface area contributed by atoms with Crippen LogP contribution in [0.2, 0.25) is 0 Å². The summed E-state index contributed by atoms with van der Waals surface area (Å²) in [6.45, 7) is 4.32. The molecule has 0 saturated carbocycles. The molecule has 0 amide bonds. The largest absolute Gasteiger partial charge is 0.478 e. The van der Waals surface area contributed by atoms with Gasteiger partial charge in [-0.25, -0.2) is 29.3 Å². The second kappa shape index (κ2) is 11.7. The van der Waals surface area contributed by atoms with Gasteiger partial charge in [0.15, 0.2) is 11.6 Å². The number of benzene rings is 1. The summed E-state index contributed by atoms with van der Waals surface area (Å²) >= 11 is 0. The number of ether oxygens (including phenoxy) is 2. The molecule has 0 aliphatic rings. The number of H-pyrrole nitrogens is 1. The van der Waals surface area contributed by atoms with Crippen LogP contribution in [0.15, 0.2) is 36.5 Å². The van der Waals surface area contributed by atoms with Gasteiger partial charge in [-0.15, -0.1) is 0 Å². The fourth-order valence-electron chi connectivity index (χ4n) is 3.90. The van der Waals surface area contributed by atoms with E-state index in [9.17, 15) is 9.18 Å². The van der Waals surface area contributed by atoms with Crippen LogP contribution in [0.1, 0.15) is 19.0 Å². The maximum absolute atomic E-state index is 13.5. The number of hydrogen-bond acceptors (Lipinski definition) is 10. The van der Waals surface area contributed by atoms with Gasteiger partial charge in [0.05, 0.1) is 24.2 Å². The van der Waals surface area contributed by atoms with Gasteiger partial charge in [-0.2, -0.15) is 0 Å². The molecule has 4 N–H and O–H groups in total. The third kappa shape index (κ3) is 6.09. The molecule has 1 atom stereocenters. The Kier molecular flexibility index (Phi) is 8.22. The molecule has 4 aromatic rings. The molecule has 3 heterocycles. The summed E-state index contributed by atoms with van der Waals surface area (Å²) in [7, 11) is 2.96. The van der Waals surface area contributed by atoms with Crippen LogP contribution >= 0.6 is 0 Å². The molecule has 11 nitrogen and oxygen atoms in total. The second-order valence-corrected chi connectivity index (χ2v) is 8.80. The minimum atomic E-state index is -0.351. The number of methoxy groups -OCH3 is 2. The highest BCUT2D eigenvalue weighted by Crippen LogP contribution is 2.34. The van der Waals surface area contributed by atoms with Crippen LogP contribution in [0.4, 0.5) is 16.2 Å². The number of ketones is 1. The first kappa shape index (κ1) is 26.6. The number of aromatic amines is 1. The summed E-state index contributed by atoms with van der Waals surface area (Å²) in [5.74, 6) is 0.943. The Bertz CT molecular complexity index is 1420. The number of anilines is 2. The molecule has 0 fully saturated rings. The Morgan fingerprint density at radius 1 is 1.11 bits per heavy atom. The number of carbonyl (C=O) groups excluding carboxylic acids is 1. The molecule has 0 saturated heterocycles. The SMILES string of the molecule is COCC(=O)C[C@@H](C)CNc1nccc(-c2nc(-c3ccc(F)cc3)[nH]c2-c2nc(OC)c(N)nc2C)n1. The number of nitrogen functional groups attached to an aromatic ring is 1. The van der Waals surface area contributed by atoms with Crippen molar-refractivity contribution < 1.29 is 18.7 Å². The summed E-state index contributed by atoms with van der Waals surface area (Å²) in [6.07, 6.45) is 1.99. The van der Waals surface area contributed by atoms with Crippen LogP contribution in [0.3, 0.4) is 0 Å². The van der Waals surface area contributed by atoms with Crippen LogP contribution in [0, 0.1) is 18.7 Å². The topological polar surface area (TPSA) is 154 Å².